The van der Waals surface area contributed by atoms with E-state index in [-0.39, 0.29) is 40.4 Å². The zero-order valence-electron chi connectivity index (χ0n) is 22.0. The van der Waals surface area contributed by atoms with E-state index in [1.165, 1.54) is 37.5 Å². The Morgan fingerprint density at radius 1 is 0.949 bits per heavy atom. The maximum atomic E-state index is 13.0. The Kier molecular flexibility index (Phi) is 8.66. The van der Waals surface area contributed by atoms with Crippen molar-refractivity contribution in [1.29, 1.82) is 0 Å². The summed E-state index contributed by atoms with van der Waals surface area (Å²) in [6.45, 7) is 6.38. The van der Waals surface area contributed by atoms with E-state index in [4.69, 9.17) is 13.7 Å². The van der Waals surface area contributed by atoms with Gasteiger partial charge in [0.25, 0.3) is 11.1 Å². The number of nitrogens with zero attached hydrogens (tertiary/aromatic N) is 1. The molecule has 0 aromatic heterocycles. The highest BCUT2D eigenvalue weighted by Gasteiger charge is 2.35. The molecular weight excluding hydrogens is 538 g/mol. The lowest BCUT2D eigenvalue weighted by molar-refractivity contribution is -0.123. The molecule has 0 unspecified atom stereocenters. The topological polar surface area (TPSA) is 99.2 Å². The van der Waals surface area contributed by atoms with Crippen LogP contribution in [0.4, 0.5) is 4.79 Å². The van der Waals surface area contributed by atoms with E-state index in [1.807, 2.05) is 25.1 Å². The van der Waals surface area contributed by atoms with Gasteiger partial charge in [0.05, 0.1) is 18.6 Å². The van der Waals surface area contributed by atoms with E-state index in [0.717, 1.165) is 33.5 Å². The summed E-state index contributed by atoms with van der Waals surface area (Å²) < 4.78 is 42.0. The molecule has 3 aromatic carbocycles. The molecule has 8 nitrogen and oxygen atoms in total. The Morgan fingerprint density at radius 3 is 2.38 bits per heavy atom. The first-order chi connectivity index (χ1) is 18.6. The molecule has 39 heavy (non-hydrogen) atoms. The molecule has 204 valence electrons. The average molecular weight is 568 g/mol. The summed E-state index contributed by atoms with van der Waals surface area (Å²) in [5.41, 5.74) is 2.58. The van der Waals surface area contributed by atoms with Crippen molar-refractivity contribution >= 4 is 39.1 Å². The predicted molar refractivity (Wildman–Crippen MR) is 151 cm³/mol. The van der Waals surface area contributed by atoms with Gasteiger partial charge in [-0.3, -0.25) is 14.5 Å². The molecule has 4 rings (SSSR count). The van der Waals surface area contributed by atoms with Crippen molar-refractivity contribution in [3.05, 3.63) is 88.3 Å². The van der Waals surface area contributed by atoms with Crippen LogP contribution in [0.3, 0.4) is 0 Å². The van der Waals surface area contributed by atoms with Crippen LogP contribution in [0.5, 0.6) is 17.2 Å². The first kappa shape index (κ1) is 28.3. The lowest BCUT2D eigenvalue weighted by Crippen LogP contribution is -2.32. The van der Waals surface area contributed by atoms with Gasteiger partial charge >= 0.3 is 10.1 Å². The fourth-order valence-electron chi connectivity index (χ4n) is 3.94. The molecule has 1 fully saturated rings. The highest BCUT2D eigenvalue weighted by molar-refractivity contribution is 8.18. The molecule has 0 N–H and O–H groups in total. The van der Waals surface area contributed by atoms with Crippen molar-refractivity contribution in [2.45, 2.75) is 31.6 Å². The number of rotatable bonds is 10. The first-order valence-corrected chi connectivity index (χ1v) is 14.5. The highest BCUT2D eigenvalue weighted by Crippen LogP contribution is 2.36. The number of imide groups is 1. The van der Waals surface area contributed by atoms with Crippen LogP contribution in [0.2, 0.25) is 0 Å². The summed E-state index contributed by atoms with van der Waals surface area (Å²) in [7, 11) is -2.72. The Labute approximate surface area is 232 Å². The molecule has 0 atom stereocenters. The van der Waals surface area contributed by atoms with Gasteiger partial charge in [-0.05, 0) is 77.7 Å². The van der Waals surface area contributed by atoms with Crippen molar-refractivity contribution in [1.82, 2.24) is 4.90 Å². The number of carbonyl (C=O) groups is 2. The number of ether oxygens (including phenoxy) is 2. The van der Waals surface area contributed by atoms with Gasteiger partial charge in [-0.1, -0.05) is 50.2 Å². The molecule has 1 saturated heterocycles. The molecule has 0 saturated carbocycles. The van der Waals surface area contributed by atoms with Gasteiger partial charge in [0.15, 0.2) is 11.5 Å². The van der Waals surface area contributed by atoms with Crippen molar-refractivity contribution in [3.63, 3.8) is 0 Å². The van der Waals surface area contributed by atoms with Crippen molar-refractivity contribution in [2.24, 2.45) is 0 Å². The molecule has 3 aromatic rings. The van der Waals surface area contributed by atoms with Gasteiger partial charge < -0.3 is 13.7 Å². The molecule has 1 aliphatic heterocycles. The number of methoxy groups -OCH3 is 1. The van der Waals surface area contributed by atoms with Crippen molar-refractivity contribution < 1.29 is 31.7 Å². The van der Waals surface area contributed by atoms with E-state index in [2.05, 4.69) is 13.8 Å². The minimum absolute atomic E-state index is 0.00743. The molecule has 0 spiro atoms. The van der Waals surface area contributed by atoms with Crippen molar-refractivity contribution in [3.8, 4) is 17.2 Å². The minimum Gasteiger partial charge on any atom is -0.493 e. The molecule has 1 aliphatic rings. The van der Waals surface area contributed by atoms with E-state index < -0.39 is 21.3 Å². The summed E-state index contributed by atoms with van der Waals surface area (Å²) in [6.07, 6.45) is 1.52. The van der Waals surface area contributed by atoms with Crippen LogP contribution in [-0.4, -0.2) is 44.7 Å². The Bertz CT molecular complexity index is 1520. The van der Waals surface area contributed by atoms with E-state index in [9.17, 15) is 18.0 Å². The maximum Gasteiger partial charge on any atom is 0.339 e. The fourth-order valence-corrected chi connectivity index (χ4v) is 5.75. The normalized spacial score (nSPS) is 14.8. The Hall–Kier alpha value is -3.76. The van der Waals surface area contributed by atoms with Crippen LogP contribution in [0.25, 0.3) is 6.08 Å². The summed E-state index contributed by atoms with van der Waals surface area (Å²) in [5.74, 6) is 0.721. The Morgan fingerprint density at radius 2 is 1.69 bits per heavy atom. The predicted octanol–water partition coefficient (Wildman–Crippen LogP) is 6.01. The number of benzene rings is 3. The summed E-state index contributed by atoms with van der Waals surface area (Å²) in [4.78, 5) is 27.0. The van der Waals surface area contributed by atoms with Crippen LogP contribution in [0.15, 0.2) is 76.5 Å². The fraction of sp³-hybridized carbons (Fsp3) is 0.241. The zero-order valence-corrected chi connectivity index (χ0v) is 23.7. The van der Waals surface area contributed by atoms with Crippen molar-refractivity contribution in [2.75, 3.05) is 20.3 Å². The molecule has 1 heterocycles. The highest BCUT2D eigenvalue weighted by atomic mass is 32.2. The maximum absolute atomic E-state index is 13.0. The van der Waals surface area contributed by atoms with Gasteiger partial charge in [0.1, 0.15) is 17.3 Å². The number of thioether (sulfide) groups is 1. The third-order valence-electron chi connectivity index (χ3n) is 5.95. The zero-order chi connectivity index (χ0) is 28.2. The second-order valence-electron chi connectivity index (χ2n) is 9.14. The molecule has 0 radical (unpaired) electrons. The third-order valence-corrected chi connectivity index (χ3v) is 8.11. The smallest absolute Gasteiger partial charge is 0.339 e. The van der Waals surface area contributed by atoms with Crippen LogP contribution in [0.1, 0.15) is 36.5 Å². The number of hydrogen-bond acceptors (Lipinski definition) is 8. The molecule has 0 bridgehead atoms. The lowest BCUT2D eigenvalue weighted by Gasteiger charge is -2.17. The lowest BCUT2D eigenvalue weighted by atomic mass is 10.0. The van der Waals surface area contributed by atoms with Gasteiger partial charge in [0.2, 0.25) is 0 Å². The third kappa shape index (κ3) is 6.63. The molecule has 10 heteroatoms. The second-order valence-corrected chi connectivity index (χ2v) is 11.7. The van der Waals surface area contributed by atoms with Crippen LogP contribution >= 0.6 is 11.8 Å². The largest absolute Gasteiger partial charge is 0.493 e. The number of amides is 2. The van der Waals surface area contributed by atoms with Gasteiger partial charge in [-0.15, -0.1) is 0 Å². The molecule has 0 aliphatic carbocycles. The van der Waals surface area contributed by atoms with Gasteiger partial charge in [-0.2, -0.15) is 8.42 Å². The summed E-state index contributed by atoms with van der Waals surface area (Å²) >= 11 is 0.812. The monoisotopic (exact) mass is 567 g/mol. The number of aryl methyl sites for hydroxylation is 1. The molecular formula is C29H29NO7S2. The van der Waals surface area contributed by atoms with Crippen LogP contribution in [-0.2, 0) is 14.9 Å². The Balaban J connectivity index is 1.49. The van der Waals surface area contributed by atoms with E-state index in [0.29, 0.717) is 5.56 Å². The average Bonchev–Trinajstić information content (AvgIpc) is 3.16. The first-order valence-electron chi connectivity index (χ1n) is 12.3. The second kappa shape index (κ2) is 12.0. The van der Waals surface area contributed by atoms with E-state index >= 15 is 0 Å². The summed E-state index contributed by atoms with van der Waals surface area (Å²) in [5, 5.41) is -0.403. The standard InChI is InChI=1S/C29H29NO7S2/c1-19(2)23-12-10-20(3)16-25(23)36-15-14-30-28(31)27(38-29(30)32)18-21-11-13-24(35-4)26(17-21)37-39(33,34)22-8-6-5-7-9-22/h5-13,16-19H,14-15H2,1-4H3/b27-18-. The van der Waals surface area contributed by atoms with Gasteiger partial charge in [-0.25, -0.2) is 0 Å². The van der Waals surface area contributed by atoms with Gasteiger partial charge in [0, 0.05) is 0 Å². The SMILES string of the molecule is COc1ccc(/C=C2\SC(=O)N(CCOc3cc(C)ccc3C(C)C)C2=O)cc1OS(=O)(=O)c1ccccc1. The number of carbonyl (C=O) groups excluding carboxylic acids is 2. The minimum atomic E-state index is -4.11. The summed E-state index contributed by atoms with van der Waals surface area (Å²) in [6, 6.07) is 18.4. The molecule has 2 amide bonds. The van der Waals surface area contributed by atoms with E-state index in [1.54, 1.807) is 24.3 Å². The quantitative estimate of drug-likeness (QED) is 0.217. The number of hydrogen-bond donors (Lipinski definition) is 0. The van der Waals surface area contributed by atoms with Crippen LogP contribution < -0.4 is 13.7 Å². The van der Waals surface area contributed by atoms with Crippen LogP contribution in [0, 0.1) is 6.92 Å².